The van der Waals surface area contributed by atoms with Gasteiger partial charge in [-0.1, -0.05) is 12.1 Å². The minimum Gasteiger partial charge on any atom is -0.207 e. The van der Waals surface area contributed by atoms with Gasteiger partial charge in [0, 0.05) is 5.56 Å². The van der Waals surface area contributed by atoms with E-state index in [0.717, 1.165) is 24.3 Å². The van der Waals surface area contributed by atoms with Gasteiger partial charge in [0.05, 0.1) is 11.1 Å². The lowest BCUT2D eigenvalue weighted by Crippen LogP contribution is -2.14. The van der Waals surface area contributed by atoms with Crippen LogP contribution in [0.2, 0.25) is 0 Å². The van der Waals surface area contributed by atoms with E-state index < -0.39 is 34.9 Å². The Morgan fingerprint density at radius 3 is 1.52 bits per heavy atom. The van der Waals surface area contributed by atoms with E-state index in [2.05, 4.69) is 0 Å². The fourth-order valence-corrected chi connectivity index (χ4v) is 1.87. The maximum Gasteiger partial charge on any atom is 0.417 e. The molecule has 2 rings (SSSR count). The van der Waals surface area contributed by atoms with Crippen molar-refractivity contribution in [2.45, 2.75) is 12.4 Å². The van der Waals surface area contributed by atoms with Crippen molar-refractivity contribution < 1.29 is 30.7 Å². The molecule has 111 valence electrons. The first-order valence-corrected chi connectivity index (χ1v) is 5.55. The van der Waals surface area contributed by atoms with E-state index in [1.54, 1.807) is 0 Å². The van der Waals surface area contributed by atoms with Crippen LogP contribution in [0.25, 0.3) is 11.1 Å². The van der Waals surface area contributed by atoms with Crippen molar-refractivity contribution in [1.29, 1.82) is 0 Å². The molecule has 0 N–H and O–H groups in total. The Hall–Kier alpha value is -2.05. The van der Waals surface area contributed by atoms with Gasteiger partial charge in [-0.05, 0) is 35.9 Å². The molecular formula is C14H6F7. The van der Waals surface area contributed by atoms with Crippen molar-refractivity contribution in [3.63, 3.8) is 0 Å². The molecule has 2 aromatic carbocycles. The van der Waals surface area contributed by atoms with Gasteiger partial charge in [0.25, 0.3) is 0 Å². The summed E-state index contributed by atoms with van der Waals surface area (Å²) in [5.74, 6) is -0.761. The molecule has 0 aliphatic heterocycles. The van der Waals surface area contributed by atoms with Gasteiger partial charge in [0.2, 0.25) is 0 Å². The quantitative estimate of drug-likeness (QED) is 0.625. The number of benzene rings is 2. The molecular weight excluding hydrogens is 301 g/mol. The van der Waals surface area contributed by atoms with Crippen LogP contribution in [-0.4, -0.2) is 0 Å². The summed E-state index contributed by atoms with van der Waals surface area (Å²) in [6, 6.07) is 6.06. The van der Waals surface area contributed by atoms with Gasteiger partial charge in [0.15, 0.2) is 0 Å². The molecule has 7 heteroatoms. The van der Waals surface area contributed by atoms with E-state index in [1.165, 1.54) is 0 Å². The Morgan fingerprint density at radius 1 is 0.714 bits per heavy atom. The molecule has 0 saturated carbocycles. The molecule has 0 aliphatic carbocycles. The highest BCUT2D eigenvalue weighted by Crippen LogP contribution is 2.44. The lowest BCUT2D eigenvalue weighted by molar-refractivity contribution is -0.142. The van der Waals surface area contributed by atoms with E-state index in [-0.39, 0.29) is 5.56 Å². The number of halogens is 7. The zero-order valence-corrected chi connectivity index (χ0v) is 10.1. The fourth-order valence-electron chi connectivity index (χ4n) is 1.87. The second-order valence-corrected chi connectivity index (χ2v) is 4.16. The van der Waals surface area contributed by atoms with Crippen LogP contribution in [0.5, 0.6) is 0 Å². The standard InChI is InChI=1S/C14H6F7/c15-9-6-4-8(5-7-9)12-10(13(16,17)18)2-1-3-11(12)14(19,20)21/h2-7H. The molecule has 0 saturated heterocycles. The summed E-state index contributed by atoms with van der Waals surface area (Å²) in [7, 11) is 0. The first kappa shape index (κ1) is 15.3. The van der Waals surface area contributed by atoms with Crippen LogP contribution in [0.15, 0.2) is 36.4 Å². The Morgan fingerprint density at radius 2 is 1.14 bits per heavy atom. The predicted octanol–water partition coefficient (Wildman–Crippen LogP) is 5.33. The smallest absolute Gasteiger partial charge is 0.207 e. The topological polar surface area (TPSA) is 0 Å². The van der Waals surface area contributed by atoms with Crippen LogP contribution in [0.4, 0.5) is 30.7 Å². The third-order valence-corrected chi connectivity index (χ3v) is 2.74. The summed E-state index contributed by atoms with van der Waals surface area (Å²) >= 11 is 0. The molecule has 0 nitrogen and oxygen atoms in total. The molecule has 0 fully saturated rings. The summed E-state index contributed by atoms with van der Waals surface area (Å²) in [6.07, 6.45) is -9.97. The largest absolute Gasteiger partial charge is 0.417 e. The molecule has 0 spiro atoms. The second-order valence-electron chi connectivity index (χ2n) is 4.16. The van der Waals surface area contributed by atoms with Gasteiger partial charge in [-0.25, -0.2) is 4.39 Å². The number of rotatable bonds is 1. The van der Waals surface area contributed by atoms with Crippen molar-refractivity contribution >= 4 is 0 Å². The molecule has 0 atom stereocenters. The van der Waals surface area contributed by atoms with Gasteiger partial charge in [-0.2, -0.15) is 26.3 Å². The van der Waals surface area contributed by atoms with Gasteiger partial charge < -0.3 is 0 Å². The van der Waals surface area contributed by atoms with Crippen LogP contribution in [0.1, 0.15) is 11.1 Å². The molecule has 0 heterocycles. The molecule has 0 bridgehead atoms. The van der Waals surface area contributed by atoms with Crippen molar-refractivity contribution in [2.75, 3.05) is 0 Å². The minimum atomic E-state index is -4.98. The lowest BCUT2D eigenvalue weighted by atomic mass is 9.93. The normalized spacial score (nSPS) is 12.5. The van der Waals surface area contributed by atoms with Crippen LogP contribution >= 0.6 is 0 Å². The lowest BCUT2D eigenvalue weighted by Gasteiger charge is -2.18. The molecule has 0 aliphatic rings. The third-order valence-electron chi connectivity index (χ3n) is 2.74. The van der Waals surface area contributed by atoms with Crippen molar-refractivity contribution in [2.24, 2.45) is 0 Å². The number of hydrogen-bond donors (Lipinski definition) is 0. The summed E-state index contributed by atoms with van der Waals surface area (Å²) in [5, 5.41) is 0. The van der Waals surface area contributed by atoms with Gasteiger partial charge in [-0.3, -0.25) is 0 Å². The molecule has 2 aromatic rings. The first-order chi connectivity index (χ1) is 9.60. The Kier molecular flexibility index (Phi) is 3.69. The van der Waals surface area contributed by atoms with Crippen molar-refractivity contribution in [3.8, 4) is 11.1 Å². The highest BCUT2D eigenvalue weighted by molar-refractivity contribution is 5.72. The Balaban J connectivity index is 2.79. The minimum absolute atomic E-state index is 0.370. The third kappa shape index (κ3) is 3.17. The number of hydrogen-bond acceptors (Lipinski definition) is 0. The predicted molar refractivity (Wildman–Crippen MR) is 60.7 cm³/mol. The van der Waals surface area contributed by atoms with E-state index in [9.17, 15) is 30.7 Å². The highest BCUT2D eigenvalue weighted by atomic mass is 19.4. The van der Waals surface area contributed by atoms with E-state index in [0.29, 0.717) is 12.1 Å². The molecule has 21 heavy (non-hydrogen) atoms. The number of alkyl halides is 6. The zero-order chi connectivity index (χ0) is 15.8. The van der Waals surface area contributed by atoms with E-state index in [4.69, 9.17) is 0 Å². The van der Waals surface area contributed by atoms with Gasteiger partial charge in [-0.15, -0.1) is 0 Å². The summed E-state index contributed by atoms with van der Waals surface area (Å²) in [4.78, 5) is 0. The highest BCUT2D eigenvalue weighted by Gasteiger charge is 2.40. The van der Waals surface area contributed by atoms with Crippen molar-refractivity contribution in [1.82, 2.24) is 0 Å². The fraction of sp³-hybridized carbons (Fsp3) is 0.143. The van der Waals surface area contributed by atoms with Crippen LogP contribution < -0.4 is 0 Å². The van der Waals surface area contributed by atoms with Crippen LogP contribution in [0, 0.1) is 11.9 Å². The summed E-state index contributed by atoms with van der Waals surface area (Å²) < 4.78 is 90.3. The van der Waals surface area contributed by atoms with E-state index in [1.807, 2.05) is 6.07 Å². The maximum atomic E-state index is 12.9. The van der Waals surface area contributed by atoms with Crippen LogP contribution in [0.3, 0.4) is 0 Å². The molecule has 1 radical (unpaired) electrons. The molecule has 0 unspecified atom stereocenters. The Labute approximate surface area is 114 Å². The van der Waals surface area contributed by atoms with Crippen LogP contribution in [-0.2, 0) is 12.4 Å². The van der Waals surface area contributed by atoms with Gasteiger partial charge >= 0.3 is 12.4 Å². The van der Waals surface area contributed by atoms with Crippen molar-refractivity contribution in [3.05, 3.63) is 59.4 Å². The average Bonchev–Trinajstić information content (AvgIpc) is 2.37. The van der Waals surface area contributed by atoms with Gasteiger partial charge in [0.1, 0.15) is 5.82 Å². The second kappa shape index (κ2) is 5.05. The average molecular weight is 307 g/mol. The first-order valence-electron chi connectivity index (χ1n) is 5.55. The summed E-state index contributed by atoms with van der Waals surface area (Å²) in [5.41, 5.74) is -4.34. The maximum absolute atomic E-state index is 12.9. The molecule has 0 aromatic heterocycles. The Bertz CT molecular complexity index is 604. The monoisotopic (exact) mass is 307 g/mol. The SMILES string of the molecule is Fc1ccc(-c2c(C(F)(F)F)c[c]cc2C(F)(F)F)cc1. The summed E-state index contributed by atoms with van der Waals surface area (Å²) in [6.45, 7) is 0. The molecule has 0 amide bonds. The zero-order valence-electron chi connectivity index (χ0n) is 10.1. The van der Waals surface area contributed by atoms with E-state index >= 15 is 0 Å².